The lowest BCUT2D eigenvalue weighted by atomic mass is 9.98. The SMILES string of the molecule is C1CC1.CC.CCCC(Oc1cc(CC(C)C(=O)OC)ccc1C)c1ccc(-c2ccnc(OC)c2)cc1F. The molecule has 0 amide bonds. The Bertz CT molecular complexity index is 1180. The van der Waals surface area contributed by atoms with Gasteiger partial charge in [-0.15, -0.1) is 0 Å². The highest BCUT2D eigenvalue weighted by atomic mass is 19.1. The number of carbonyl (C=O) groups excluding carboxylic acids is 1. The van der Waals surface area contributed by atoms with Crippen LogP contribution in [0.3, 0.4) is 0 Å². The van der Waals surface area contributed by atoms with E-state index in [1.165, 1.54) is 32.4 Å². The first-order chi connectivity index (χ1) is 18.9. The summed E-state index contributed by atoms with van der Waals surface area (Å²) in [6.45, 7) is 9.84. The Morgan fingerprint density at radius 2 is 1.69 bits per heavy atom. The van der Waals surface area contributed by atoms with Gasteiger partial charge in [-0.1, -0.05) is 77.6 Å². The lowest BCUT2D eigenvalue weighted by Gasteiger charge is -2.22. The van der Waals surface area contributed by atoms with Gasteiger partial charge in [0.25, 0.3) is 0 Å². The van der Waals surface area contributed by atoms with E-state index < -0.39 is 6.10 Å². The Balaban J connectivity index is 0.000000975. The summed E-state index contributed by atoms with van der Waals surface area (Å²) < 4.78 is 31.7. The van der Waals surface area contributed by atoms with E-state index in [4.69, 9.17) is 14.2 Å². The van der Waals surface area contributed by atoms with Crippen molar-refractivity contribution in [1.29, 1.82) is 0 Å². The number of rotatable bonds is 10. The third-order valence-corrected chi connectivity index (χ3v) is 6.20. The molecule has 1 heterocycles. The number of aromatic nitrogens is 1. The molecule has 6 heteroatoms. The van der Waals surface area contributed by atoms with Gasteiger partial charge in [0.05, 0.1) is 20.1 Å². The fraction of sp³-hybridized carbons (Fsp3) is 0.455. The van der Waals surface area contributed by atoms with Crippen molar-refractivity contribution < 1.29 is 23.4 Å². The molecule has 0 spiro atoms. The van der Waals surface area contributed by atoms with E-state index in [0.717, 1.165) is 28.7 Å². The van der Waals surface area contributed by atoms with Gasteiger partial charge in [-0.2, -0.15) is 0 Å². The highest BCUT2D eigenvalue weighted by Gasteiger charge is 2.20. The first-order valence-corrected chi connectivity index (χ1v) is 14.0. The minimum absolute atomic E-state index is 0.249. The highest BCUT2D eigenvalue weighted by Crippen LogP contribution is 2.33. The van der Waals surface area contributed by atoms with Crippen molar-refractivity contribution in [2.45, 2.75) is 79.2 Å². The molecule has 2 atom stereocenters. The molecular formula is C33H44FNO4. The molecule has 1 aliphatic carbocycles. The number of nitrogens with zero attached hydrogens (tertiary/aromatic N) is 1. The monoisotopic (exact) mass is 537 g/mol. The Labute approximate surface area is 233 Å². The Morgan fingerprint density at radius 1 is 1.00 bits per heavy atom. The smallest absolute Gasteiger partial charge is 0.308 e. The zero-order valence-electron chi connectivity index (χ0n) is 24.6. The molecular weight excluding hydrogens is 493 g/mol. The number of hydrogen-bond donors (Lipinski definition) is 0. The van der Waals surface area contributed by atoms with Crippen LogP contribution in [0.4, 0.5) is 4.39 Å². The van der Waals surface area contributed by atoms with Crippen LogP contribution in [0.25, 0.3) is 11.1 Å². The minimum Gasteiger partial charge on any atom is -0.485 e. The largest absolute Gasteiger partial charge is 0.485 e. The lowest BCUT2D eigenvalue weighted by molar-refractivity contribution is -0.144. The second-order valence-electron chi connectivity index (χ2n) is 9.51. The van der Waals surface area contributed by atoms with Crippen molar-refractivity contribution in [2.75, 3.05) is 14.2 Å². The maximum absolute atomic E-state index is 15.3. The number of hydrogen-bond acceptors (Lipinski definition) is 5. The van der Waals surface area contributed by atoms with Gasteiger partial charge < -0.3 is 14.2 Å². The predicted molar refractivity (Wildman–Crippen MR) is 156 cm³/mol. The van der Waals surface area contributed by atoms with E-state index in [2.05, 4.69) is 4.98 Å². The van der Waals surface area contributed by atoms with Crippen LogP contribution in [0.1, 0.15) is 82.6 Å². The average Bonchev–Trinajstić information content (AvgIpc) is 3.85. The van der Waals surface area contributed by atoms with Crippen LogP contribution >= 0.6 is 0 Å². The first-order valence-electron chi connectivity index (χ1n) is 14.0. The third-order valence-electron chi connectivity index (χ3n) is 6.20. The Hall–Kier alpha value is -3.41. The summed E-state index contributed by atoms with van der Waals surface area (Å²) in [5, 5.41) is 0. The summed E-state index contributed by atoms with van der Waals surface area (Å²) in [4.78, 5) is 15.9. The number of methoxy groups -OCH3 is 2. The van der Waals surface area contributed by atoms with Gasteiger partial charge in [0.2, 0.25) is 5.88 Å². The molecule has 1 aliphatic rings. The number of benzene rings is 2. The van der Waals surface area contributed by atoms with Crippen molar-refractivity contribution in [1.82, 2.24) is 4.98 Å². The second-order valence-corrected chi connectivity index (χ2v) is 9.51. The van der Waals surface area contributed by atoms with E-state index >= 15 is 4.39 Å². The molecule has 212 valence electrons. The zero-order valence-corrected chi connectivity index (χ0v) is 24.6. The standard InChI is InChI=1S/C28H32FNO4.C3H6.C2H6/c1-6-7-25(34-26-15-20(9-8-18(26)2)14-19(3)28(31)33-5)23-11-10-21(16-24(23)29)22-12-13-30-27(17-22)32-4;1-2-3-1;1-2/h8-13,15-17,19,25H,6-7,14H2,1-5H3;1-3H2;1-2H3. The normalized spacial score (nSPS) is 13.0. The van der Waals surface area contributed by atoms with E-state index in [1.54, 1.807) is 25.4 Å². The molecule has 1 fully saturated rings. The van der Waals surface area contributed by atoms with Gasteiger partial charge in [-0.05, 0) is 60.2 Å². The molecule has 3 aromatic rings. The second kappa shape index (κ2) is 16.5. The summed E-state index contributed by atoms with van der Waals surface area (Å²) >= 11 is 0. The van der Waals surface area contributed by atoms with Crippen molar-refractivity contribution in [3.8, 4) is 22.8 Å². The van der Waals surface area contributed by atoms with Crippen molar-refractivity contribution >= 4 is 5.97 Å². The molecule has 39 heavy (non-hydrogen) atoms. The van der Waals surface area contributed by atoms with Gasteiger partial charge in [0, 0.05) is 17.8 Å². The molecule has 0 saturated heterocycles. The van der Waals surface area contributed by atoms with Crippen LogP contribution < -0.4 is 9.47 Å². The summed E-state index contributed by atoms with van der Waals surface area (Å²) in [6, 6.07) is 14.7. The van der Waals surface area contributed by atoms with E-state index in [9.17, 15) is 4.79 Å². The lowest BCUT2D eigenvalue weighted by Crippen LogP contribution is -2.15. The maximum atomic E-state index is 15.3. The van der Waals surface area contributed by atoms with Crippen LogP contribution in [0.5, 0.6) is 11.6 Å². The number of carbonyl (C=O) groups is 1. The number of ether oxygens (including phenoxy) is 3. The molecule has 5 nitrogen and oxygen atoms in total. The molecule has 0 aliphatic heterocycles. The van der Waals surface area contributed by atoms with Crippen molar-refractivity contribution in [2.24, 2.45) is 5.92 Å². The Morgan fingerprint density at radius 3 is 2.28 bits per heavy atom. The molecule has 0 radical (unpaired) electrons. The minimum atomic E-state index is -0.432. The maximum Gasteiger partial charge on any atom is 0.308 e. The first kappa shape index (κ1) is 31.8. The quantitative estimate of drug-likeness (QED) is 0.242. The topological polar surface area (TPSA) is 57.7 Å². The Kier molecular flexibility index (Phi) is 13.5. The van der Waals surface area contributed by atoms with Crippen LogP contribution in [0, 0.1) is 18.7 Å². The molecule has 4 rings (SSSR count). The van der Waals surface area contributed by atoms with Gasteiger partial charge in [-0.3, -0.25) is 4.79 Å². The van der Waals surface area contributed by atoms with Crippen LogP contribution in [-0.2, 0) is 16.0 Å². The van der Waals surface area contributed by atoms with Gasteiger partial charge in [-0.25, -0.2) is 9.37 Å². The number of halogens is 1. The number of pyridine rings is 1. The third kappa shape index (κ3) is 10.0. The van der Waals surface area contributed by atoms with E-state index in [1.807, 2.05) is 65.0 Å². The van der Waals surface area contributed by atoms with Gasteiger partial charge >= 0.3 is 5.97 Å². The van der Waals surface area contributed by atoms with Crippen molar-refractivity contribution in [3.63, 3.8) is 0 Å². The zero-order chi connectivity index (χ0) is 28.8. The van der Waals surface area contributed by atoms with Crippen molar-refractivity contribution in [3.05, 3.63) is 77.2 Å². The van der Waals surface area contributed by atoms with Crippen LogP contribution in [0.2, 0.25) is 0 Å². The highest BCUT2D eigenvalue weighted by molar-refractivity contribution is 5.72. The van der Waals surface area contributed by atoms with Gasteiger partial charge in [0.15, 0.2) is 0 Å². The molecule has 1 aromatic heterocycles. The summed E-state index contributed by atoms with van der Waals surface area (Å²) in [5.41, 5.74) is 4.01. The molecule has 0 bridgehead atoms. The average molecular weight is 538 g/mol. The molecule has 0 N–H and O–H groups in total. The number of aryl methyl sites for hydroxylation is 1. The van der Waals surface area contributed by atoms with E-state index in [0.29, 0.717) is 30.0 Å². The van der Waals surface area contributed by atoms with Crippen LogP contribution in [0.15, 0.2) is 54.7 Å². The number of esters is 1. The fourth-order valence-electron chi connectivity index (χ4n) is 3.90. The summed E-state index contributed by atoms with van der Waals surface area (Å²) in [5.74, 6) is 0.339. The predicted octanol–water partition coefficient (Wildman–Crippen LogP) is 8.67. The fourth-order valence-corrected chi connectivity index (χ4v) is 3.90. The molecule has 2 unspecified atom stereocenters. The summed E-state index contributed by atoms with van der Waals surface area (Å²) in [6.07, 6.45) is 7.76. The summed E-state index contributed by atoms with van der Waals surface area (Å²) in [7, 11) is 2.94. The molecule has 1 saturated carbocycles. The van der Waals surface area contributed by atoms with Gasteiger partial charge in [0.1, 0.15) is 17.7 Å². The van der Waals surface area contributed by atoms with E-state index in [-0.39, 0.29) is 17.7 Å². The molecule has 2 aromatic carbocycles. The van der Waals surface area contributed by atoms with Crippen LogP contribution in [-0.4, -0.2) is 25.2 Å².